The van der Waals surface area contributed by atoms with Gasteiger partial charge in [0.25, 0.3) is 0 Å². The van der Waals surface area contributed by atoms with Crippen molar-refractivity contribution in [3.05, 3.63) is 17.7 Å². The molecular weight excluding hydrogens is 352 g/mol. The lowest BCUT2D eigenvalue weighted by Gasteiger charge is -2.21. The summed E-state index contributed by atoms with van der Waals surface area (Å²) in [6.45, 7) is 5.45. The Morgan fingerprint density at radius 2 is 1.44 bits per heavy atom. The maximum Gasteiger partial charge on any atom is 0.338 e. The van der Waals surface area contributed by atoms with Gasteiger partial charge in [-0.3, -0.25) is 4.79 Å². The molecule has 0 saturated carbocycles. The van der Waals surface area contributed by atoms with E-state index in [1.165, 1.54) is 33.5 Å². The molecule has 0 aliphatic carbocycles. The summed E-state index contributed by atoms with van der Waals surface area (Å²) in [7, 11) is 4.42. The largest absolute Gasteiger partial charge is 0.493 e. The second-order valence-electron chi connectivity index (χ2n) is 6.18. The first-order valence-corrected chi connectivity index (χ1v) is 9.08. The third-order valence-electron chi connectivity index (χ3n) is 4.16. The standard InChI is InChI=1S/C20H30O7/c1-7-8-9-10-18(21)26-13(2)14(3)27-20(22)15-11-16(23-4)19(25-6)17(12-15)24-5/h11-14H,7-10H2,1-6H3. The van der Waals surface area contributed by atoms with Gasteiger partial charge in [0.2, 0.25) is 5.75 Å². The van der Waals surface area contributed by atoms with E-state index in [-0.39, 0.29) is 11.5 Å². The zero-order valence-corrected chi connectivity index (χ0v) is 17.0. The monoisotopic (exact) mass is 382 g/mol. The van der Waals surface area contributed by atoms with Crippen LogP contribution in [0.1, 0.15) is 56.8 Å². The summed E-state index contributed by atoms with van der Waals surface area (Å²) >= 11 is 0. The number of esters is 2. The SMILES string of the molecule is CCCCCC(=O)OC(C)C(C)OC(=O)c1cc(OC)c(OC)c(OC)c1. The Morgan fingerprint density at radius 1 is 0.889 bits per heavy atom. The molecule has 0 radical (unpaired) electrons. The van der Waals surface area contributed by atoms with Crippen molar-refractivity contribution in [1.82, 2.24) is 0 Å². The van der Waals surface area contributed by atoms with Crippen molar-refractivity contribution in [3.8, 4) is 17.2 Å². The van der Waals surface area contributed by atoms with E-state index >= 15 is 0 Å². The van der Waals surface area contributed by atoms with Gasteiger partial charge >= 0.3 is 11.9 Å². The molecule has 0 spiro atoms. The molecular formula is C20H30O7. The third kappa shape index (κ3) is 6.66. The van der Waals surface area contributed by atoms with Crippen LogP contribution in [0.4, 0.5) is 0 Å². The molecule has 0 N–H and O–H groups in total. The van der Waals surface area contributed by atoms with E-state index in [0.29, 0.717) is 23.7 Å². The van der Waals surface area contributed by atoms with Crippen molar-refractivity contribution in [3.63, 3.8) is 0 Å². The highest BCUT2D eigenvalue weighted by molar-refractivity contribution is 5.91. The molecule has 0 fully saturated rings. The summed E-state index contributed by atoms with van der Waals surface area (Å²) in [5.41, 5.74) is 0.248. The topological polar surface area (TPSA) is 80.3 Å². The molecule has 7 heteroatoms. The highest BCUT2D eigenvalue weighted by Gasteiger charge is 2.23. The Labute approximate surface area is 160 Å². The number of carbonyl (C=O) groups excluding carboxylic acids is 2. The number of rotatable bonds is 11. The van der Waals surface area contributed by atoms with Crippen LogP contribution in [-0.4, -0.2) is 45.5 Å². The molecule has 0 aliphatic rings. The van der Waals surface area contributed by atoms with Crippen LogP contribution in [0.2, 0.25) is 0 Å². The van der Waals surface area contributed by atoms with E-state index in [1.807, 2.05) is 0 Å². The first-order valence-electron chi connectivity index (χ1n) is 9.08. The minimum atomic E-state index is -0.605. The molecule has 0 amide bonds. The van der Waals surface area contributed by atoms with Gasteiger partial charge in [-0.15, -0.1) is 0 Å². The zero-order valence-electron chi connectivity index (χ0n) is 17.0. The van der Waals surface area contributed by atoms with Crippen LogP contribution >= 0.6 is 0 Å². The second kappa shape index (κ2) is 11.3. The van der Waals surface area contributed by atoms with Crippen molar-refractivity contribution in [2.75, 3.05) is 21.3 Å². The predicted octanol–water partition coefficient (Wildman–Crippen LogP) is 3.77. The maximum absolute atomic E-state index is 12.5. The first-order chi connectivity index (χ1) is 12.9. The quantitative estimate of drug-likeness (QED) is 0.426. The molecule has 2 unspecified atom stereocenters. The van der Waals surface area contributed by atoms with Crippen LogP contribution in [0.5, 0.6) is 17.2 Å². The van der Waals surface area contributed by atoms with Gasteiger partial charge in [-0.2, -0.15) is 0 Å². The minimum Gasteiger partial charge on any atom is -0.493 e. The van der Waals surface area contributed by atoms with Gasteiger partial charge in [0.15, 0.2) is 11.5 Å². The maximum atomic E-state index is 12.5. The molecule has 152 valence electrons. The number of carbonyl (C=O) groups is 2. The van der Waals surface area contributed by atoms with Crippen LogP contribution in [0, 0.1) is 0 Å². The van der Waals surface area contributed by atoms with E-state index in [0.717, 1.165) is 19.3 Å². The van der Waals surface area contributed by atoms with Gasteiger partial charge in [0.1, 0.15) is 12.2 Å². The zero-order chi connectivity index (χ0) is 20.4. The highest BCUT2D eigenvalue weighted by Crippen LogP contribution is 2.38. The van der Waals surface area contributed by atoms with Crippen LogP contribution in [0.3, 0.4) is 0 Å². The summed E-state index contributed by atoms with van der Waals surface area (Å²) in [5.74, 6) is 0.236. The van der Waals surface area contributed by atoms with E-state index < -0.39 is 18.2 Å². The molecule has 2 atom stereocenters. The first kappa shape index (κ1) is 22.6. The van der Waals surface area contributed by atoms with Gasteiger partial charge in [-0.25, -0.2) is 4.79 Å². The molecule has 0 saturated heterocycles. The van der Waals surface area contributed by atoms with Gasteiger partial charge in [-0.05, 0) is 32.4 Å². The Balaban J connectivity index is 2.75. The Bertz CT molecular complexity index is 602. The average Bonchev–Trinajstić information content (AvgIpc) is 2.66. The Morgan fingerprint density at radius 3 is 1.93 bits per heavy atom. The van der Waals surface area contributed by atoms with Crippen LogP contribution in [0.15, 0.2) is 12.1 Å². The lowest BCUT2D eigenvalue weighted by Crippen LogP contribution is -2.30. The predicted molar refractivity (Wildman–Crippen MR) is 101 cm³/mol. The van der Waals surface area contributed by atoms with E-state index in [4.69, 9.17) is 23.7 Å². The summed E-state index contributed by atoms with van der Waals surface area (Å²) in [6.07, 6.45) is 2.02. The molecule has 7 nitrogen and oxygen atoms in total. The molecule has 1 rings (SSSR count). The molecule has 0 aliphatic heterocycles. The highest BCUT2D eigenvalue weighted by atomic mass is 16.6. The summed E-state index contributed by atoms with van der Waals surface area (Å²) < 4.78 is 26.5. The summed E-state index contributed by atoms with van der Waals surface area (Å²) in [4.78, 5) is 24.3. The fourth-order valence-electron chi connectivity index (χ4n) is 2.41. The number of ether oxygens (including phenoxy) is 5. The van der Waals surface area contributed by atoms with Crippen molar-refractivity contribution < 1.29 is 33.3 Å². The van der Waals surface area contributed by atoms with E-state index in [1.54, 1.807) is 13.8 Å². The normalized spacial score (nSPS) is 12.7. The smallest absolute Gasteiger partial charge is 0.338 e. The Hall–Kier alpha value is -2.44. The van der Waals surface area contributed by atoms with E-state index in [2.05, 4.69) is 6.92 Å². The molecule has 0 aromatic heterocycles. The number of unbranched alkanes of at least 4 members (excludes halogenated alkanes) is 2. The molecule has 0 heterocycles. The second-order valence-corrected chi connectivity index (χ2v) is 6.18. The van der Waals surface area contributed by atoms with E-state index in [9.17, 15) is 9.59 Å². The van der Waals surface area contributed by atoms with Gasteiger partial charge in [0, 0.05) is 6.42 Å². The van der Waals surface area contributed by atoms with Crippen LogP contribution in [-0.2, 0) is 14.3 Å². The van der Waals surface area contributed by atoms with Crippen LogP contribution < -0.4 is 14.2 Å². The van der Waals surface area contributed by atoms with Gasteiger partial charge in [0.05, 0.1) is 26.9 Å². The van der Waals surface area contributed by atoms with Gasteiger partial charge in [-0.1, -0.05) is 19.8 Å². The number of hydrogen-bond donors (Lipinski definition) is 0. The molecule has 27 heavy (non-hydrogen) atoms. The summed E-state index contributed by atoms with van der Waals surface area (Å²) in [5, 5.41) is 0. The molecule has 1 aromatic carbocycles. The van der Waals surface area contributed by atoms with Crippen molar-refractivity contribution in [2.45, 2.75) is 58.7 Å². The lowest BCUT2D eigenvalue weighted by atomic mass is 10.1. The molecule has 1 aromatic rings. The average molecular weight is 382 g/mol. The number of hydrogen-bond acceptors (Lipinski definition) is 7. The fraction of sp³-hybridized carbons (Fsp3) is 0.600. The summed E-state index contributed by atoms with van der Waals surface area (Å²) in [6, 6.07) is 3.02. The van der Waals surface area contributed by atoms with Gasteiger partial charge < -0.3 is 23.7 Å². The van der Waals surface area contributed by atoms with Crippen molar-refractivity contribution >= 4 is 11.9 Å². The van der Waals surface area contributed by atoms with Crippen LogP contribution in [0.25, 0.3) is 0 Å². The minimum absolute atomic E-state index is 0.248. The Kier molecular flexibility index (Phi) is 9.47. The third-order valence-corrected chi connectivity index (χ3v) is 4.16. The van der Waals surface area contributed by atoms with Crippen molar-refractivity contribution in [2.24, 2.45) is 0 Å². The molecule has 0 bridgehead atoms. The van der Waals surface area contributed by atoms with Crippen molar-refractivity contribution in [1.29, 1.82) is 0 Å². The number of methoxy groups -OCH3 is 3. The number of benzene rings is 1. The lowest BCUT2D eigenvalue weighted by molar-refractivity contribution is -0.153. The fourth-order valence-corrected chi connectivity index (χ4v) is 2.41.